The topological polar surface area (TPSA) is 51.2 Å². The Labute approximate surface area is 169 Å². The van der Waals surface area contributed by atoms with Crippen LogP contribution in [-0.4, -0.2) is 57.1 Å². The Morgan fingerprint density at radius 2 is 2.04 bits per heavy atom. The van der Waals surface area contributed by atoms with Crippen LogP contribution in [0.4, 0.5) is 0 Å². The van der Waals surface area contributed by atoms with Crippen LogP contribution in [0, 0.1) is 17.3 Å². The fourth-order valence-electron chi connectivity index (χ4n) is 4.70. The molecule has 2 bridgehead atoms. The van der Waals surface area contributed by atoms with Gasteiger partial charge >= 0.3 is 0 Å². The zero-order valence-corrected chi connectivity index (χ0v) is 17.9. The summed E-state index contributed by atoms with van der Waals surface area (Å²) in [6, 6.07) is 5.81. The third kappa shape index (κ3) is 4.53. The average Bonchev–Trinajstić information content (AvgIpc) is 2.68. The molecule has 0 aliphatic heterocycles. The molecule has 0 spiro atoms. The van der Waals surface area contributed by atoms with E-state index in [1.807, 2.05) is 25.2 Å². The number of methoxy groups -OCH3 is 2. The molecule has 4 rings (SSSR count). The molecule has 1 saturated carbocycles. The third-order valence-corrected chi connectivity index (χ3v) is 6.62. The summed E-state index contributed by atoms with van der Waals surface area (Å²) in [5.41, 5.74) is 2.91. The van der Waals surface area contributed by atoms with Crippen LogP contribution in [0.3, 0.4) is 0 Å². The number of hydrogen-bond donors (Lipinski definition) is 1. The minimum Gasteiger partial charge on any atom is -0.497 e. The summed E-state index contributed by atoms with van der Waals surface area (Å²) in [4.78, 5) is 2.08. The molecule has 0 saturated heterocycles. The Bertz CT molecular complexity index is 700. The number of allylic oxidation sites excluding steroid dienone is 1. The van der Waals surface area contributed by atoms with Crippen LogP contribution in [0.1, 0.15) is 32.3 Å². The molecule has 156 valence electrons. The largest absolute Gasteiger partial charge is 0.497 e. The molecule has 0 heterocycles. The average molecular weight is 390 g/mol. The van der Waals surface area contributed by atoms with E-state index in [0.29, 0.717) is 37.6 Å². The van der Waals surface area contributed by atoms with Crippen LogP contribution in [0.5, 0.6) is 11.5 Å². The zero-order valence-electron chi connectivity index (χ0n) is 17.9. The highest BCUT2D eigenvalue weighted by molar-refractivity contribution is 5.40. The molecule has 1 fully saturated rings. The molecule has 0 unspecified atom stereocenters. The SMILES string of the molecule is COc1ccc(CN(C)C[C@@H](O)COCC2=CC[C@H]3C[C@@H]2C3(C)C)c(OC)c1. The van der Waals surface area contributed by atoms with Crippen LogP contribution in [0.2, 0.25) is 0 Å². The third-order valence-electron chi connectivity index (χ3n) is 6.62. The molecule has 3 aliphatic carbocycles. The van der Waals surface area contributed by atoms with Gasteiger partial charge in [0.05, 0.1) is 33.5 Å². The first-order valence-corrected chi connectivity index (χ1v) is 10.2. The van der Waals surface area contributed by atoms with E-state index in [9.17, 15) is 5.11 Å². The van der Waals surface area contributed by atoms with Crippen molar-refractivity contribution in [3.05, 3.63) is 35.4 Å². The molecule has 0 amide bonds. The van der Waals surface area contributed by atoms with Gasteiger partial charge in [-0.05, 0) is 48.8 Å². The zero-order chi connectivity index (χ0) is 20.3. The first-order chi connectivity index (χ1) is 13.3. The number of ether oxygens (including phenoxy) is 3. The standard InChI is InChI=1S/C23H35NO4/c1-23(2)18-8-6-17(21(23)10-18)14-28-15-19(25)13-24(3)12-16-7-9-20(26-4)11-22(16)27-5/h6-7,9,11,18-19,21,25H,8,10,12-15H2,1-5H3/t18-,19+,21-/m0/s1. The Morgan fingerprint density at radius 1 is 1.25 bits per heavy atom. The maximum atomic E-state index is 10.4. The fraction of sp³-hybridized carbons (Fsp3) is 0.652. The van der Waals surface area contributed by atoms with E-state index in [1.165, 1.54) is 18.4 Å². The smallest absolute Gasteiger partial charge is 0.127 e. The first kappa shape index (κ1) is 21.2. The highest BCUT2D eigenvalue weighted by atomic mass is 16.5. The van der Waals surface area contributed by atoms with Crippen molar-refractivity contribution in [1.82, 2.24) is 4.90 Å². The number of likely N-dealkylation sites (N-methyl/N-ethyl adjacent to an activating group) is 1. The number of benzene rings is 1. The number of aliphatic hydroxyl groups is 1. The summed E-state index contributed by atoms with van der Waals surface area (Å²) in [5.74, 6) is 3.07. The van der Waals surface area contributed by atoms with E-state index >= 15 is 0 Å². The van der Waals surface area contributed by atoms with Gasteiger partial charge in [0.15, 0.2) is 0 Å². The van der Waals surface area contributed by atoms with Crippen LogP contribution in [0.25, 0.3) is 0 Å². The molecule has 0 aromatic heterocycles. The number of nitrogens with zero attached hydrogens (tertiary/aromatic N) is 1. The van der Waals surface area contributed by atoms with Crippen LogP contribution < -0.4 is 9.47 Å². The predicted octanol–water partition coefficient (Wildman–Crippen LogP) is 3.51. The summed E-state index contributed by atoms with van der Waals surface area (Å²) >= 11 is 0. The van der Waals surface area contributed by atoms with E-state index in [4.69, 9.17) is 14.2 Å². The summed E-state index contributed by atoms with van der Waals surface area (Å²) in [7, 11) is 5.30. The van der Waals surface area contributed by atoms with Gasteiger partial charge in [0, 0.05) is 24.7 Å². The van der Waals surface area contributed by atoms with Crippen LogP contribution in [0.15, 0.2) is 29.8 Å². The maximum absolute atomic E-state index is 10.4. The Kier molecular flexibility index (Phi) is 6.69. The number of fused-ring (bicyclic) bond motifs is 1. The minimum absolute atomic E-state index is 0.359. The van der Waals surface area contributed by atoms with Gasteiger partial charge in [-0.25, -0.2) is 0 Å². The minimum atomic E-state index is -0.513. The van der Waals surface area contributed by atoms with Crippen molar-refractivity contribution in [2.24, 2.45) is 17.3 Å². The Hall–Kier alpha value is -1.56. The number of rotatable bonds is 10. The number of aliphatic hydroxyl groups excluding tert-OH is 1. The molecule has 0 radical (unpaired) electrons. The lowest BCUT2D eigenvalue weighted by molar-refractivity contribution is -0.0257. The molecule has 1 N–H and O–H groups in total. The molecule has 1 aromatic rings. The lowest BCUT2D eigenvalue weighted by Crippen LogP contribution is -2.48. The predicted molar refractivity (Wildman–Crippen MR) is 111 cm³/mol. The lowest BCUT2D eigenvalue weighted by atomic mass is 9.49. The van der Waals surface area contributed by atoms with Gasteiger partial charge in [0.25, 0.3) is 0 Å². The van der Waals surface area contributed by atoms with E-state index in [2.05, 4.69) is 24.8 Å². The van der Waals surface area contributed by atoms with Crippen LogP contribution in [-0.2, 0) is 11.3 Å². The molecule has 5 nitrogen and oxygen atoms in total. The quantitative estimate of drug-likeness (QED) is 0.621. The van der Waals surface area contributed by atoms with Gasteiger partial charge in [0.1, 0.15) is 11.5 Å². The van der Waals surface area contributed by atoms with Gasteiger partial charge < -0.3 is 19.3 Å². The molecule has 3 atom stereocenters. The van der Waals surface area contributed by atoms with Crippen molar-refractivity contribution >= 4 is 0 Å². The van der Waals surface area contributed by atoms with Crippen molar-refractivity contribution in [3.63, 3.8) is 0 Å². The molecular formula is C23H35NO4. The van der Waals surface area contributed by atoms with E-state index in [1.54, 1.807) is 14.2 Å². The normalized spacial score (nSPS) is 23.8. The van der Waals surface area contributed by atoms with Gasteiger partial charge in [-0.2, -0.15) is 0 Å². The highest BCUT2D eigenvalue weighted by Gasteiger charge is 2.50. The monoisotopic (exact) mass is 389 g/mol. The second kappa shape index (κ2) is 8.85. The van der Waals surface area contributed by atoms with Crippen molar-refractivity contribution < 1.29 is 19.3 Å². The van der Waals surface area contributed by atoms with Gasteiger partial charge in [-0.1, -0.05) is 26.0 Å². The van der Waals surface area contributed by atoms with Crippen molar-refractivity contribution in [3.8, 4) is 11.5 Å². The fourth-order valence-corrected chi connectivity index (χ4v) is 4.70. The van der Waals surface area contributed by atoms with Crippen molar-refractivity contribution in [1.29, 1.82) is 0 Å². The highest BCUT2D eigenvalue weighted by Crippen LogP contribution is 2.59. The van der Waals surface area contributed by atoms with Crippen molar-refractivity contribution in [2.45, 2.75) is 39.3 Å². The molecule has 5 heteroatoms. The van der Waals surface area contributed by atoms with Crippen LogP contribution >= 0.6 is 0 Å². The molecule has 3 aliphatic rings. The molecule has 28 heavy (non-hydrogen) atoms. The van der Waals surface area contributed by atoms with E-state index in [-0.39, 0.29) is 0 Å². The second-order valence-corrected chi connectivity index (χ2v) is 8.86. The Morgan fingerprint density at radius 3 is 2.68 bits per heavy atom. The van der Waals surface area contributed by atoms with Gasteiger partial charge in [-0.15, -0.1) is 0 Å². The van der Waals surface area contributed by atoms with Gasteiger partial charge in [-0.3, -0.25) is 4.90 Å². The summed E-state index contributed by atoms with van der Waals surface area (Å²) < 4.78 is 16.6. The van der Waals surface area contributed by atoms with E-state index in [0.717, 1.165) is 23.0 Å². The maximum Gasteiger partial charge on any atom is 0.127 e. The number of hydrogen-bond acceptors (Lipinski definition) is 5. The summed E-state index contributed by atoms with van der Waals surface area (Å²) in [6.45, 7) is 6.98. The first-order valence-electron chi connectivity index (χ1n) is 10.2. The molecule has 1 aromatic carbocycles. The second-order valence-electron chi connectivity index (χ2n) is 8.86. The van der Waals surface area contributed by atoms with E-state index < -0.39 is 6.10 Å². The summed E-state index contributed by atoms with van der Waals surface area (Å²) in [5, 5.41) is 10.4. The lowest BCUT2D eigenvalue weighted by Gasteiger charge is -2.56. The summed E-state index contributed by atoms with van der Waals surface area (Å²) in [6.07, 6.45) is 4.33. The molecular weight excluding hydrogens is 354 g/mol. The van der Waals surface area contributed by atoms with Crippen molar-refractivity contribution in [2.75, 3.05) is 41.0 Å². The van der Waals surface area contributed by atoms with Gasteiger partial charge in [0.2, 0.25) is 0 Å². The Balaban J connectivity index is 1.42.